The van der Waals surface area contributed by atoms with E-state index in [4.69, 9.17) is 0 Å². The van der Waals surface area contributed by atoms with Crippen molar-refractivity contribution < 1.29 is 0 Å². The van der Waals surface area contributed by atoms with Crippen molar-refractivity contribution in [2.45, 2.75) is 71.9 Å². The van der Waals surface area contributed by atoms with Gasteiger partial charge in [-0.05, 0) is 49.7 Å². The Morgan fingerprint density at radius 2 is 1.70 bits per heavy atom. The Kier molecular flexibility index (Phi) is 5.65. The van der Waals surface area contributed by atoms with Crippen LogP contribution in [-0.4, -0.2) is 6.04 Å². The summed E-state index contributed by atoms with van der Waals surface area (Å²) in [4.78, 5) is 0. The summed E-state index contributed by atoms with van der Waals surface area (Å²) in [5.74, 6) is 1.72. The van der Waals surface area contributed by atoms with E-state index < -0.39 is 0 Å². The highest BCUT2D eigenvalue weighted by Crippen LogP contribution is 2.30. The standard InChI is InChI=1S/C19H31N/c1-14(2)12-18-8-10-19(11-9-18)16(4)20-15(3)13-17-6-5-7-17/h8-11,14-17,20H,5-7,12-13H2,1-4H3. The van der Waals surface area contributed by atoms with Crippen molar-refractivity contribution in [2.24, 2.45) is 11.8 Å². The van der Waals surface area contributed by atoms with Crippen LogP contribution < -0.4 is 5.32 Å². The van der Waals surface area contributed by atoms with Gasteiger partial charge in [-0.3, -0.25) is 0 Å². The van der Waals surface area contributed by atoms with Crippen LogP contribution >= 0.6 is 0 Å². The van der Waals surface area contributed by atoms with Crippen molar-refractivity contribution in [1.82, 2.24) is 5.32 Å². The summed E-state index contributed by atoms with van der Waals surface area (Å²) in [6, 6.07) is 10.3. The van der Waals surface area contributed by atoms with E-state index in [1.165, 1.54) is 43.2 Å². The first kappa shape index (κ1) is 15.6. The van der Waals surface area contributed by atoms with Gasteiger partial charge in [0.15, 0.2) is 0 Å². The van der Waals surface area contributed by atoms with E-state index in [0.29, 0.717) is 12.1 Å². The molecule has 0 spiro atoms. The van der Waals surface area contributed by atoms with E-state index in [0.717, 1.165) is 11.8 Å². The van der Waals surface area contributed by atoms with Crippen molar-refractivity contribution in [3.05, 3.63) is 35.4 Å². The second kappa shape index (κ2) is 7.26. The van der Waals surface area contributed by atoms with Crippen LogP contribution in [0.5, 0.6) is 0 Å². The van der Waals surface area contributed by atoms with Gasteiger partial charge in [-0.1, -0.05) is 57.4 Å². The molecule has 0 amide bonds. The molecule has 1 aromatic carbocycles. The van der Waals surface area contributed by atoms with Crippen LogP contribution in [-0.2, 0) is 6.42 Å². The van der Waals surface area contributed by atoms with Crippen molar-refractivity contribution in [2.75, 3.05) is 0 Å². The van der Waals surface area contributed by atoms with E-state index in [-0.39, 0.29) is 0 Å². The molecule has 1 N–H and O–H groups in total. The normalized spacial score (nSPS) is 18.9. The van der Waals surface area contributed by atoms with Crippen LogP contribution in [0.1, 0.15) is 70.5 Å². The maximum absolute atomic E-state index is 3.76. The van der Waals surface area contributed by atoms with Gasteiger partial charge >= 0.3 is 0 Å². The van der Waals surface area contributed by atoms with Gasteiger partial charge in [0.2, 0.25) is 0 Å². The van der Waals surface area contributed by atoms with Gasteiger partial charge in [0, 0.05) is 12.1 Å². The van der Waals surface area contributed by atoms with Gasteiger partial charge in [0.05, 0.1) is 0 Å². The minimum Gasteiger partial charge on any atom is -0.308 e. The maximum atomic E-state index is 3.76. The summed E-state index contributed by atoms with van der Waals surface area (Å²) < 4.78 is 0. The third-order valence-electron chi connectivity index (χ3n) is 4.57. The Morgan fingerprint density at radius 1 is 1.05 bits per heavy atom. The molecule has 0 saturated heterocycles. The summed E-state index contributed by atoms with van der Waals surface area (Å²) in [5.41, 5.74) is 2.87. The molecule has 0 heterocycles. The predicted octanol–water partition coefficient (Wildman–Crippen LogP) is 5.11. The topological polar surface area (TPSA) is 12.0 Å². The molecule has 0 aliphatic heterocycles. The summed E-state index contributed by atoms with van der Waals surface area (Å²) >= 11 is 0. The first-order chi connectivity index (χ1) is 9.54. The average molecular weight is 273 g/mol. The third-order valence-corrected chi connectivity index (χ3v) is 4.57. The molecule has 1 aliphatic rings. The molecule has 1 nitrogen and oxygen atoms in total. The fourth-order valence-electron chi connectivity index (χ4n) is 3.23. The number of hydrogen-bond donors (Lipinski definition) is 1. The van der Waals surface area contributed by atoms with E-state index >= 15 is 0 Å². The lowest BCUT2D eigenvalue weighted by atomic mass is 9.81. The highest BCUT2D eigenvalue weighted by Gasteiger charge is 2.20. The van der Waals surface area contributed by atoms with E-state index in [1.807, 2.05) is 0 Å². The summed E-state index contributed by atoms with van der Waals surface area (Å²) in [5, 5.41) is 3.76. The SMILES string of the molecule is CC(C)Cc1ccc(C(C)NC(C)CC2CCC2)cc1. The second-order valence-corrected chi connectivity index (χ2v) is 7.16. The molecule has 1 saturated carbocycles. The molecular weight excluding hydrogens is 242 g/mol. The minimum atomic E-state index is 0.457. The van der Waals surface area contributed by atoms with Crippen molar-refractivity contribution in [1.29, 1.82) is 0 Å². The molecule has 1 aliphatic carbocycles. The first-order valence-electron chi connectivity index (χ1n) is 8.39. The maximum Gasteiger partial charge on any atom is 0.0294 e. The molecule has 112 valence electrons. The third kappa shape index (κ3) is 4.63. The molecule has 1 aromatic rings. The Hall–Kier alpha value is -0.820. The van der Waals surface area contributed by atoms with E-state index in [9.17, 15) is 0 Å². The van der Waals surface area contributed by atoms with Crippen LogP contribution in [0, 0.1) is 11.8 Å². The minimum absolute atomic E-state index is 0.457. The number of nitrogens with one attached hydrogen (secondary N) is 1. The van der Waals surface area contributed by atoms with E-state index in [2.05, 4.69) is 57.3 Å². The summed E-state index contributed by atoms with van der Waals surface area (Å²) in [6.45, 7) is 9.18. The predicted molar refractivity (Wildman–Crippen MR) is 88.0 cm³/mol. The van der Waals surface area contributed by atoms with Crippen LogP contribution in [0.25, 0.3) is 0 Å². The smallest absolute Gasteiger partial charge is 0.0294 e. The summed E-state index contributed by atoms with van der Waals surface area (Å²) in [6.07, 6.45) is 6.87. The van der Waals surface area contributed by atoms with Crippen molar-refractivity contribution in [3.8, 4) is 0 Å². The number of benzene rings is 1. The molecule has 2 atom stereocenters. The van der Waals surface area contributed by atoms with Gasteiger partial charge in [-0.15, -0.1) is 0 Å². The first-order valence-corrected chi connectivity index (χ1v) is 8.39. The van der Waals surface area contributed by atoms with Gasteiger partial charge in [-0.25, -0.2) is 0 Å². The fraction of sp³-hybridized carbons (Fsp3) is 0.684. The van der Waals surface area contributed by atoms with Crippen molar-refractivity contribution >= 4 is 0 Å². The Bertz CT molecular complexity index is 389. The zero-order valence-corrected chi connectivity index (χ0v) is 13.7. The van der Waals surface area contributed by atoms with Crippen LogP contribution in [0.4, 0.5) is 0 Å². The molecule has 2 rings (SSSR count). The highest BCUT2D eigenvalue weighted by atomic mass is 14.9. The monoisotopic (exact) mass is 273 g/mol. The lowest BCUT2D eigenvalue weighted by Crippen LogP contribution is -2.32. The highest BCUT2D eigenvalue weighted by molar-refractivity contribution is 5.25. The lowest BCUT2D eigenvalue weighted by Gasteiger charge is -2.30. The zero-order valence-electron chi connectivity index (χ0n) is 13.7. The molecule has 0 aromatic heterocycles. The van der Waals surface area contributed by atoms with Crippen LogP contribution in [0.15, 0.2) is 24.3 Å². The van der Waals surface area contributed by atoms with Gasteiger partial charge in [0.1, 0.15) is 0 Å². The van der Waals surface area contributed by atoms with Gasteiger partial charge in [-0.2, -0.15) is 0 Å². The van der Waals surface area contributed by atoms with Crippen LogP contribution in [0.2, 0.25) is 0 Å². The molecule has 20 heavy (non-hydrogen) atoms. The molecule has 2 unspecified atom stereocenters. The largest absolute Gasteiger partial charge is 0.308 e. The Morgan fingerprint density at radius 3 is 2.20 bits per heavy atom. The average Bonchev–Trinajstić information content (AvgIpc) is 2.34. The fourth-order valence-corrected chi connectivity index (χ4v) is 3.23. The Balaban J connectivity index is 1.83. The molecule has 0 radical (unpaired) electrons. The van der Waals surface area contributed by atoms with Gasteiger partial charge < -0.3 is 5.32 Å². The Labute approximate surface area is 125 Å². The summed E-state index contributed by atoms with van der Waals surface area (Å²) in [7, 11) is 0. The molecule has 0 bridgehead atoms. The molecule has 1 fully saturated rings. The number of rotatable bonds is 7. The van der Waals surface area contributed by atoms with Crippen molar-refractivity contribution in [3.63, 3.8) is 0 Å². The second-order valence-electron chi connectivity index (χ2n) is 7.16. The quantitative estimate of drug-likeness (QED) is 0.727. The lowest BCUT2D eigenvalue weighted by molar-refractivity contribution is 0.259. The van der Waals surface area contributed by atoms with Crippen LogP contribution in [0.3, 0.4) is 0 Å². The molecule has 1 heteroatoms. The van der Waals surface area contributed by atoms with Gasteiger partial charge in [0.25, 0.3) is 0 Å². The zero-order chi connectivity index (χ0) is 14.5. The molecular formula is C19H31N. The van der Waals surface area contributed by atoms with E-state index in [1.54, 1.807) is 0 Å². The number of hydrogen-bond acceptors (Lipinski definition) is 1.